The molecule has 0 spiro atoms. The van der Waals surface area contributed by atoms with Gasteiger partial charge in [-0.25, -0.2) is 4.68 Å². The smallest absolute Gasteiger partial charge is 0.230 e. The van der Waals surface area contributed by atoms with Gasteiger partial charge in [-0.2, -0.15) is 5.10 Å². The van der Waals surface area contributed by atoms with Crippen LogP contribution >= 0.6 is 11.3 Å². The largest absolute Gasteiger partial charge is 0.464 e. The monoisotopic (exact) mass is 351 g/mol. The molecule has 6 heteroatoms. The summed E-state index contributed by atoms with van der Waals surface area (Å²) in [6.45, 7) is 2.66. The van der Waals surface area contributed by atoms with E-state index in [0.717, 1.165) is 22.1 Å². The quantitative estimate of drug-likeness (QED) is 0.585. The fraction of sp³-hybridized carbons (Fsp3) is 0.158. The van der Waals surface area contributed by atoms with Crippen molar-refractivity contribution in [2.75, 3.05) is 5.32 Å². The third kappa shape index (κ3) is 3.34. The fourth-order valence-electron chi connectivity index (χ4n) is 2.80. The average molecular weight is 351 g/mol. The zero-order valence-electron chi connectivity index (χ0n) is 13.7. The van der Waals surface area contributed by atoms with E-state index in [4.69, 9.17) is 4.42 Å². The van der Waals surface area contributed by atoms with E-state index in [-0.39, 0.29) is 12.3 Å². The molecule has 0 saturated carbocycles. The molecular weight excluding hydrogens is 334 g/mol. The molecule has 0 unspecified atom stereocenters. The second kappa shape index (κ2) is 6.57. The highest BCUT2D eigenvalue weighted by molar-refractivity contribution is 7.09. The molecule has 0 fully saturated rings. The molecule has 25 heavy (non-hydrogen) atoms. The Morgan fingerprint density at radius 2 is 2.24 bits per heavy atom. The highest BCUT2D eigenvalue weighted by atomic mass is 32.1. The number of fused-ring (bicyclic) bond motifs is 1. The molecule has 0 atom stereocenters. The topological polar surface area (TPSA) is 60.1 Å². The minimum atomic E-state index is -0.0868. The lowest BCUT2D eigenvalue weighted by molar-refractivity contribution is -0.115. The van der Waals surface area contributed by atoms with Gasteiger partial charge in [-0.3, -0.25) is 4.79 Å². The van der Waals surface area contributed by atoms with Crippen LogP contribution < -0.4 is 5.32 Å². The third-order valence-electron chi connectivity index (χ3n) is 4.03. The van der Waals surface area contributed by atoms with Gasteiger partial charge in [-0.15, -0.1) is 11.3 Å². The van der Waals surface area contributed by atoms with Crippen molar-refractivity contribution >= 4 is 34.0 Å². The molecule has 3 aromatic heterocycles. The Morgan fingerprint density at radius 3 is 3.08 bits per heavy atom. The Balaban J connectivity index is 1.48. The lowest BCUT2D eigenvalue weighted by Crippen LogP contribution is -2.17. The molecule has 0 saturated heterocycles. The lowest BCUT2D eigenvalue weighted by Gasteiger charge is -2.08. The summed E-state index contributed by atoms with van der Waals surface area (Å²) in [4.78, 5) is 13.6. The van der Waals surface area contributed by atoms with Gasteiger partial charge in [0.25, 0.3) is 0 Å². The maximum atomic E-state index is 12.5. The number of amides is 1. The number of hydrogen-bond acceptors (Lipinski definition) is 4. The third-order valence-corrected chi connectivity index (χ3v) is 4.89. The van der Waals surface area contributed by atoms with Crippen LogP contribution in [0.25, 0.3) is 11.0 Å². The summed E-state index contributed by atoms with van der Waals surface area (Å²) in [5.74, 6) is 0.609. The molecule has 1 N–H and O–H groups in total. The van der Waals surface area contributed by atoms with Crippen molar-refractivity contribution in [3.8, 4) is 0 Å². The van der Waals surface area contributed by atoms with Crippen LogP contribution in [0.15, 0.2) is 58.7 Å². The van der Waals surface area contributed by atoms with E-state index in [1.54, 1.807) is 28.5 Å². The first-order valence-corrected chi connectivity index (χ1v) is 8.88. The van der Waals surface area contributed by atoms with E-state index in [9.17, 15) is 4.79 Å². The van der Waals surface area contributed by atoms with Crippen LogP contribution in [-0.4, -0.2) is 15.7 Å². The molecular formula is C19H17N3O2S. The normalized spacial score (nSPS) is 11.1. The van der Waals surface area contributed by atoms with Gasteiger partial charge >= 0.3 is 0 Å². The predicted molar refractivity (Wildman–Crippen MR) is 98.9 cm³/mol. The molecule has 126 valence electrons. The minimum Gasteiger partial charge on any atom is -0.464 e. The highest BCUT2D eigenvalue weighted by Crippen LogP contribution is 2.23. The number of benzene rings is 1. The number of nitrogens with zero attached hydrogens (tertiary/aromatic N) is 2. The maximum Gasteiger partial charge on any atom is 0.230 e. The summed E-state index contributed by atoms with van der Waals surface area (Å²) in [5.41, 5.74) is 2.83. The van der Waals surface area contributed by atoms with Crippen molar-refractivity contribution < 1.29 is 9.21 Å². The van der Waals surface area contributed by atoms with E-state index in [1.165, 1.54) is 4.88 Å². The van der Waals surface area contributed by atoms with Crippen molar-refractivity contribution in [2.45, 2.75) is 19.9 Å². The zero-order chi connectivity index (χ0) is 17.2. The van der Waals surface area contributed by atoms with Gasteiger partial charge in [0.05, 0.1) is 25.4 Å². The first kappa shape index (κ1) is 15.7. The van der Waals surface area contributed by atoms with Crippen LogP contribution in [0.1, 0.15) is 16.0 Å². The van der Waals surface area contributed by atoms with Crippen molar-refractivity contribution in [1.82, 2.24) is 9.78 Å². The maximum absolute atomic E-state index is 12.5. The van der Waals surface area contributed by atoms with Gasteiger partial charge in [-0.05, 0) is 30.0 Å². The summed E-state index contributed by atoms with van der Waals surface area (Å²) in [6, 6.07) is 11.9. The van der Waals surface area contributed by atoms with Crippen molar-refractivity contribution in [1.29, 1.82) is 0 Å². The zero-order valence-corrected chi connectivity index (χ0v) is 14.5. The predicted octanol–water partition coefficient (Wildman–Crippen LogP) is 4.23. The standard InChI is InChI=1S/C19H17N3O2S/c1-13-4-5-16-14(12-24-17(16)9-13)10-19(23)21-18-6-7-20-22(18)11-15-3-2-8-25-15/h2-9,12H,10-11H2,1H3,(H,21,23). The molecule has 3 heterocycles. The summed E-state index contributed by atoms with van der Waals surface area (Å²) in [7, 11) is 0. The second-order valence-electron chi connectivity index (χ2n) is 5.94. The molecule has 0 radical (unpaired) electrons. The van der Waals surface area contributed by atoms with Crippen LogP contribution in [0.5, 0.6) is 0 Å². The fourth-order valence-corrected chi connectivity index (χ4v) is 3.49. The average Bonchev–Trinajstić information content (AvgIpc) is 3.31. The molecule has 4 aromatic rings. The van der Waals surface area contributed by atoms with Gasteiger partial charge in [0.1, 0.15) is 11.4 Å². The molecule has 0 bridgehead atoms. The number of thiophene rings is 1. The minimum absolute atomic E-state index is 0.0868. The molecule has 4 rings (SSSR count). The number of nitrogens with one attached hydrogen (secondary N) is 1. The molecule has 0 aliphatic heterocycles. The van der Waals surface area contributed by atoms with Crippen LogP contribution in [0.4, 0.5) is 5.82 Å². The molecule has 5 nitrogen and oxygen atoms in total. The second-order valence-corrected chi connectivity index (χ2v) is 6.97. The summed E-state index contributed by atoms with van der Waals surface area (Å²) >= 11 is 1.67. The molecule has 0 aliphatic carbocycles. The van der Waals surface area contributed by atoms with Crippen molar-refractivity contribution in [3.63, 3.8) is 0 Å². The molecule has 0 aliphatic rings. The number of hydrogen-bond donors (Lipinski definition) is 1. The number of carbonyl (C=O) groups excluding carboxylic acids is 1. The Labute approximate surface area is 148 Å². The Hall–Kier alpha value is -2.86. The van der Waals surface area contributed by atoms with E-state index < -0.39 is 0 Å². The highest BCUT2D eigenvalue weighted by Gasteiger charge is 2.13. The van der Waals surface area contributed by atoms with Crippen LogP contribution in [0.3, 0.4) is 0 Å². The van der Waals surface area contributed by atoms with Gasteiger partial charge < -0.3 is 9.73 Å². The lowest BCUT2D eigenvalue weighted by atomic mass is 10.1. The first-order chi connectivity index (χ1) is 12.2. The summed E-state index contributed by atoms with van der Waals surface area (Å²) < 4.78 is 7.36. The number of aromatic nitrogens is 2. The summed E-state index contributed by atoms with van der Waals surface area (Å²) in [6.07, 6.45) is 3.62. The Morgan fingerprint density at radius 1 is 1.32 bits per heavy atom. The number of carbonyl (C=O) groups is 1. The Bertz CT molecular complexity index is 1010. The number of aryl methyl sites for hydroxylation is 1. The van der Waals surface area contributed by atoms with E-state index in [2.05, 4.69) is 16.5 Å². The van der Waals surface area contributed by atoms with Gasteiger partial charge in [-0.1, -0.05) is 18.2 Å². The van der Waals surface area contributed by atoms with Crippen molar-refractivity contribution in [2.24, 2.45) is 0 Å². The summed E-state index contributed by atoms with van der Waals surface area (Å²) in [5, 5.41) is 10.2. The number of rotatable bonds is 5. The van der Waals surface area contributed by atoms with E-state index >= 15 is 0 Å². The van der Waals surface area contributed by atoms with Crippen LogP contribution in [0.2, 0.25) is 0 Å². The molecule has 1 aromatic carbocycles. The Kier molecular flexibility index (Phi) is 4.11. The van der Waals surface area contributed by atoms with Crippen molar-refractivity contribution in [3.05, 3.63) is 70.2 Å². The van der Waals surface area contributed by atoms with Gasteiger partial charge in [0, 0.05) is 21.9 Å². The van der Waals surface area contributed by atoms with Gasteiger partial charge in [0.2, 0.25) is 5.91 Å². The van der Waals surface area contributed by atoms with E-state index in [0.29, 0.717) is 12.4 Å². The van der Waals surface area contributed by atoms with Crippen LogP contribution in [-0.2, 0) is 17.8 Å². The number of anilines is 1. The van der Waals surface area contributed by atoms with Crippen LogP contribution in [0, 0.1) is 6.92 Å². The van der Waals surface area contributed by atoms with E-state index in [1.807, 2.05) is 42.6 Å². The van der Waals surface area contributed by atoms with Gasteiger partial charge in [0.15, 0.2) is 0 Å². The SMILES string of the molecule is Cc1ccc2c(CC(=O)Nc3ccnn3Cc3cccs3)coc2c1. The first-order valence-electron chi connectivity index (χ1n) is 8.00. The number of furan rings is 1. The molecule has 1 amide bonds.